The second kappa shape index (κ2) is 9.58. The van der Waals surface area contributed by atoms with Crippen LogP contribution in [0.4, 0.5) is 15.1 Å². The molecule has 0 unspecified atom stereocenters. The third kappa shape index (κ3) is 4.87. The first kappa shape index (κ1) is 22.1. The minimum atomic E-state index is -1.25. The molecule has 32 heavy (non-hydrogen) atoms. The van der Waals surface area contributed by atoms with Crippen molar-refractivity contribution in [1.82, 2.24) is 19.9 Å². The summed E-state index contributed by atoms with van der Waals surface area (Å²) in [7, 11) is 0. The van der Waals surface area contributed by atoms with Crippen LogP contribution in [0.5, 0.6) is 5.75 Å². The van der Waals surface area contributed by atoms with Crippen LogP contribution in [0.3, 0.4) is 0 Å². The summed E-state index contributed by atoms with van der Waals surface area (Å²) in [6, 6.07) is 2.73. The summed E-state index contributed by atoms with van der Waals surface area (Å²) in [5, 5.41) is 0. The van der Waals surface area contributed by atoms with Gasteiger partial charge in [-0.3, -0.25) is 14.7 Å². The number of ether oxygens (including phenoxy) is 1. The fourth-order valence-corrected chi connectivity index (χ4v) is 4.00. The summed E-state index contributed by atoms with van der Waals surface area (Å²) in [5.74, 6) is 1.04. The lowest BCUT2D eigenvalue weighted by atomic mass is 10.1. The highest BCUT2D eigenvalue weighted by Crippen LogP contribution is 2.39. The number of pyridine rings is 1. The molecule has 1 saturated heterocycles. The van der Waals surface area contributed by atoms with E-state index in [9.17, 15) is 14.0 Å². The van der Waals surface area contributed by atoms with Crippen LogP contribution >= 0.6 is 0 Å². The Labute approximate surface area is 186 Å². The third-order valence-corrected chi connectivity index (χ3v) is 5.84. The van der Waals surface area contributed by atoms with Crippen molar-refractivity contribution < 1.29 is 18.7 Å². The van der Waals surface area contributed by atoms with E-state index in [1.165, 1.54) is 40.6 Å². The Morgan fingerprint density at radius 3 is 2.66 bits per heavy atom. The minimum Gasteiger partial charge on any atom is -0.491 e. The van der Waals surface area contributed by atoms with Gasteiger partial charge in [-0.2, -0.15) is 0 Å². The number of carbonyl (C=O) groups excluding carboxylic acids is 2. The zero-order valence-corrected chi connectivity index (χ0v) is 18.4. The van der Waals surface area contributed by atoms with Crippen LogP contribution in [0.15, 0.2) is 30.7 Å². The SMILES string of the molecule is CCOc1cnc(N2C[C@H]([C@@H](F)CC)N(CC(=O)Cc3cc(C4CC4)ccn3)C2=O)nc1. The zero-order chi connectivity index (χ0) is 22.7. The van der Waals surface area contributed by atoms with E-state index in [0.29, 0.717) is 24.0 Å². The van der Waals surface area contributed by atoms with Crippen LogP contribution in [0.2, 0.25) is 0 Å². The number of nitrogens with zero attached hydrogens (tertiary/aromatic N) is 5. The standard InChI is InChI=1S/C23H28FN5O3/c1-3-20(24)21-14-29(22-26-11-19(12-27-22)32-4-2)23(31)28(21)13-18(30)10-17-9-16(7-8-25-17)15-5-6-15/h7-9,11-12,15,20-21H,3-6,10,13-14H2,1-2H3/t20-,21+/m0/s1. The van der Waals surface area contributed by atoms with Crippen LogP contribution < -0.4 is 9.64 Å². The van der Waals surface area contributed by atoms with Crippen molar-refractivity contribution in [3.63, 3.8) is 0 Å². The van der Waals surface area contributed by atoms with Gasteiger partial charge < -0.3 is 9.64 Å². The summed E-state index contributed by atoms with van der Waals surface area (Å²) >= 11 is 0. The molecule has 1 aliphatic carbocycles. The normalized spacial score (nSPS) is 19.3. The maximum absolute atomic E-state index is 14.7. The van der Waals surface area contributed by atoms with Gasteiger partial charge in [0, 0.05) is 11.9 Å². The van der Waals surface area contributed by atoms with Crippen molar-refractivity contribution in [3.8, 4) is 5.75 Å². The van der Waals surface area contributed by atoms with Crippen LogP contribution in [0, 0.1) is 0 Å². The second-order valence-electron chi connectivity index (χ2n) is 8.23. The van der Waals surface area contributed by atoms with E-state index in [1.807, 2.05) is 19.1 Å². The summed E-state index contributed by atoms with van der Waals surface area (Å²) in [5.41, 5.74) is 1.88. The molecular weight excluding hydrogens is 413 g/mol. The van der Waals surface area contributed by atoms with Crippen molar-refractivity contribution in [2.45, 2.75) is 57.7 Å². The average molecular weight is 442 g/mol. The van der Waals surface area contributed by atoms with E-state index in [-0.39, 0.29) is 37.7 Å². The highest BCUT2D eigenvalue weighted by molar-refractivity contribution is 5.96. The summed E-state index contributed by atoms with van der Waals surface area (Å²) < 4.78 is 20.1. The molecule has 0 radical (unpaired) electrons. The summed E-state index contributed by atoms with van der Waals surface area (Å²) in [6.45, 7) is 3.96. The topological polar surface area (TPSA) is 88.5 Å². The molecule has 1 aliphatic heterocycles. The monoisotopic (exact) mass is 441 g/mol. The Kier molecular flexibility index (Phi) is 6.62. The fourth-order valence-electron chi connectivity index (χ4n) is 4.00. The Morgan fingerprint density at radius 2 is 2.00 bits per heavy atom. The lowest BCUT2D eigenvalue weighted by molar-refractivity contribution is -0.119. The highest BCUT2D eigenvalue weighted by Gasteiger charge is 2.43. The van der Waals surface area contributed by atoms with E-state index in [2.05, 4.69) is 15.0 Å². The number of hydrogen-bond donors (Lipinski definition) is 0. The van der Waals surface area contributed by atoms with Crippen LogP contribution in [0.1, 0.15) is 50.3 Å². The van der Waals surface area contributed by atoms with Gasteiger partial charge in [-0.05, 0) is 49.8 Å². The van der Waals surface area contributed by atoms with E-state index in [1.54, 1.807) is 13.1 Å². The molecule has 2 fully saturated rings. The lowest BCUT2D eigenvalue weighted by Gasteiger charge is -2.24. The van der Waals surface area contributed by atoms with Gasteiger partial charge in [0.1, 0.15) is 6.17 Å². The Balaban J connectivity index is 1.47. The number of amides is 2. The predicted octanol–water partition coefficient (Wildman–Crippen LogP) is 3.32. The predicted molar refractivity (Wildman–Crippen MR) is 117 cm³/mol. The van der Waals surface area contributed by atoms with Crippen molar-refractivity contribution in [2.75, 3.05) is 24.6 Å². The third-order valence-electron chi connectivity index (χ3n) is 5.84. The second-order valence-corrected chi connectivity index (χ2v) is 8.23. The quantitative estimate of drug-likeness (QED) is 0.562. The zero-order valence-electron chi connectivity index (χ0n) is 18.4. The van der Waals surface area contributed by atoms with Crippen molar-refractivity contribution in [3.05, 3.63) is 42.0 Å². The maximum Gasteiger partial charge on any atom is 0.327 e. The molecule has 2 atom stereocenters. The molecule has 0 spiro atoms. The Bertz CT molecular complexity index is 966. The van der Waals surface area contributed by atoms with Gasteiger partial charge in [-0.15, -0.1) is 0 Å². The van der Waals surface area contributed by atoms with Crippen molar-refractivity contribution in [1.29, 1.82) is 0 Å². The van der Waals surface area contributed by atoms with E-state index in [0.717, 1.165) is 0 Å². The number of rotatable bonds is 10. The molecule has 2 aromatic rings. The fraction of sp³-hybridized carbons (Fsp3) is 0.522. The number of Topliss-reactive ketones (excluding diaryl/α,β-unsaturated/α-hetero) is 1. The number of halogens is 1. The molecule has 3 heterocycles. The number of anilines is 1. The van der Waals surface area contributed by atoms with Gasteiger partial charge in [0.15, 0.2) is 11.5 Å². The summed E-state index contributed by atoms with van der Waals surface area (Å²) in [4.78, 5) is 41.2. The first-order valence-corrected chi connectivity index (χ1v) is 11.1. The smallest absolute Gasteiger partial charge is 0.327 e. The lowest BCUT2D eigenvalue weighted by Crippen LogP contribution is -2.43. The molecule has 0 bridgehead atoms. The van der Waals surface area contributed by atoms with Gasteiger partial charge in [-0.25, -0.2) is 19.2 Å². The molecule has 2 amide bonds. The summed E-state index contributed by atoms with van der Waals surface area (Å²) in [6.07, 6.45) is 6.11. The molecule has 0 aromatic carbocycles. The first-order valence-electron chi connectivity index (χ1n) is 11.1. The molecule has 1 saturated carbocycles. The van der Waals surface area contributed by atoms with Gasteiger partial charge in [0.25, 0.3) is 0 Å². The largest absolute Gasteiger partial charge is 0.491 e. The van der Waals surface area contributed by atoms with E-state index in [4.69, 9.17) is 4.74 Å². The Hall–Kier alpha value is -3.10. The maximum atomic E-state index is 14.7. The average Bonchev–Trinajstić information content (AvgIpc) is 3.60. The van der Waals surface area contributed by atoms with Gasteiger partial charge in [-0.1, -0.05) is 6.92 Å². The van der Waals surface area contributed by atoms with E-state index < -0.39 is 18.2 Å². The minimum absolute atomic E-state index is 0.0878. The molecule has 8 nitrogen and oxygen atoms in total. The number of hydrogen-bond acceptors (Lipinski definition) is 6. The van der Waals surface area contributed by atoms with Gasteiger partial charge >= 0.3 is 6.03 Å². The van der Waals surface area contributed by atoms with Crippen molar-refractivity contribution in [2.24, 2.45) is 0 Å². The van der Waals surface area contributed by atoms with E-state index >= 15 is 0 Å². The molecule has 0 N–H and O–H groups in total. The van der Waals surface area contributed by atoms with Crippen LogP contribution in [-0.4, -0.2) is 63.6 Å². The number of urea groups is 1. The highest BCUT2D eigenvalue weighted by atomic mass is 19.1. The first-order chi connectivity index (χ1) is 15.5. The number of carbonyl (C=O) groups is 2. The number of aromatic nitrogens is 3. The van der Waals surface area contributed by atoms with Crippen LogP contribution in [0.25, 0.3) is 0 Å². The molecule has 4 rings (SSSR count). The molecule has 2 aromatic heterocycles. The van der Waals surface area contributed by atoms with Crippen molar-refractivity contribution >= 4 is 17.8 Å². The van der Waals surface area contributed by atoms with Crippen LogP contribution in [-0.2, 0) is 11.2 Å². The Morgan fingerprint density at radius 1 is 1.25 bits per heavy atom. The molecular formula is C23H28FN5O3. The van der Waals surface area contributed by atoms with Gasteiger partial charge in [0.05, 0.1) is 44.6 Å². The molecule has 9 heteroatoms. The molecule has 2 aliphatic rings. The van der Waals surface area contributed by atoms with Gasteiger partial charge in [0.2, 0.25) is 5.95 Å². The number of alkyl halides is 1. The molecule has 170 valence electrons. The number of ketones is 1.